The number of carbonyl (C=O) groups is 1. The molecule has 0 saturated heterocycles. The molecule has 0 aliphatic heterocycles. The summed E-state index contributed by atoms with van der Waals surface area (Å²) in [4.78, 5) is 11.2. The van der Waals surface area contributed by atoms with Gasteiger partial charge in [-0.2, -0.15) is 0 Å². The van der Waals surface area contributed by atoms with E-state index in [0.29, 0.717) is 0 Å². The zero-order chi connectivity index (χ0) is 12.3. The number of carbonyl (C=O) groups excluding carboxylic acids is 1. The topological polar surface area (TPSA) is 43.1 Å². The molecule has 2 nitrogen and oxygen atoms in total. The molecular weight excluding hydrogens is 329 g/mol. The fourth-order valence-corrected chi connectivity index (χ4v) is 9.23. The molecular formula is C10H12Cl3GeNO. The summed E-state index contributed by atoms with van der Waals surface area (Å²) < 4.78 is -0.358. The van der Waals surface area contributed by atoms with Crippen molar-refractivity contribution in [3.63, 3.8) is 0 Å². The van der Waals surface area contributed by atoms with Gasteiger partial charge in [-0.25, -0.2) is 0 Å². The Hall–Kier alpha value is 0.103. The molecule has 0 aliphatic carbocycles. The second-order valence-corrected chi connectivity index (χ2v) is 19.5. The molecule has 1 rings (SSSR count). The summed E-state index contributed by atoms with van der Waals surface area (Å²) in [6, 6.07) is 9.30. The van der Waals surface area contributed by atoms with Crippen LogP contribution in [0.5, 0.6) is 0 Å². The van der Waals surface area contributed by atoms with Gasteiger partial charge < -0.3 is 0 Å². The zero-order valence-electron chi connectivity index (χ0n) is 8.66. The van der Waals surface area contributed by atoms with Crippen molar-refractivity contribution in [2.45, 2.75) is 11.7 Å². The molecule has 88 valence electrons. The molecule has 1 aromatic carbocycles. The van der Waals surface area contributed by atoms with E-state index in [-0.39, 0.29) is 4.75 Å². The summed E-state index contributed by atoms with van der Waals surface area (Å²) in [6.07, 6.45) is 0. The van der Waals surface area contributed by atoms with Gasteiger partial charge in [0.25, 0.3) is 0 Å². The van der Waals surface area contributed by atoms with E-state index in [1.54, 1.807) is 6.92 Å². The summed E-state index contributed by atoms with van der Waals surface area (Å²) in [7, 11) is 14.7. The first-order chi connectivity index (χ1) is 7.34. The number of hydrogen-bond donors (Lipinski definition) is 1. The van der Waals surface area contributed by atoms with Crippen LogP contribution in [0.15, 0.2) is 30.3 Å². The Labute approximate surface area is 110 Å². The zero-order valence-corrected chi connectivity index (χ0v) is 13.0. The van der Waals surface area contributed by atoms with Crippen LogP contribution in [-0.4, -0.2) is 16.4 Å². The van der Waals surface area contributed by atoms with Gasteiger partial charge in [-0.05, 0) is 0 Å². The average Bonchev–Trinajstić information content (AvgIpc) is 2.17. The molecule has 16 heavy (non-hydrogen) atoms. The summed E-state index contributed by atoms with van der Waals surface area (Å²) in [6.45, 7) is 1.70. The van der Waals surface area contributed by atoms with Crippen LogP contribution in [-0.2, 0) is 4.79 Å². The van der Waals surface area contributed by atoms with Gasteiger partial charge in [0.05, 0.1) is 0 Å². The number of nitrogens with two attached hydrogens (primary N) is 1. The summed E-state index contributed by atoms with van der Waals surface area (Å²) in [5, 5.41) is 0. The van der Waals surface area contributed by atoms with Gasteiger partial charge in [-0.15, -0.1) is 0 Å². The predicted octanol–water partition coefficient (Wildman–Crippen LogP) is 3.09. The van der Waals surface area contributed by atoms with Crippen LogP contribution in [0.4, 0.5) is 0 Å². The maximum absolute atomic E-state index is 11.2. The quantitative estimate of drug-likeness (QED) is 0.841. The Morgan fingerprint density at radius 1 is 1.25 bits per heavy atom. The molecule has 2 unspecified atom stereocenters. The maximum atomic E-state index is 11.2. The van der Waals surface area contributed by atoms with Crippen molar-refractivity contribution in [1.82, 2.24) is 0 Å². The average molecular weight is 341 g/mol. The Bertz CT molecular complexity index is 366. The molecule has 0 spiro atoms. The van der Waals surface area contributed by atoms with Crippen molar-refractivity contribution in [2.75, 3.05) is 0 Å². The second-order valence-electron chi connectivity index (χ2n) is 3.62. The van der Waals surface area contributed by atoms with Gasteiger partial charge in [-0.1, -0.05) is 0 Å². The van der Waals surface area contributed by atoms with E-state index >= 15 is 0 Å². The SMILES string of the molecule is CC(C(N)=O)[CH](c1ccccc1)[Ge]([Cl])([Cl])[Cl]. The van der Waals surface area contributed by atoms with Crippen molar-refractivity contribution in [3.05, 3.63) is 35.9 Å². The van der Waals surface area contributed by atoms with Crippen molar-refractivity contribution in [2.24, 2.45) is 11.7 Å². The van der Waals surface area contributed by atoms with Crippen LogP contribution in [0.2, 0.25) is 0 Å². The molecule has 0 bridgehead atoms. The van der Waals surface area contributed by atoms with E-state index in [0.717, 1.165) is 5.56 Å². The van der Waals surface area contributed by atoms with Crippen LogP contribution in [0.3, 0.4) is 0 Å². The first-order valence-corrected chi connectivity index (χ1v) is 14.2. The van der Waals surface area contributed by atoms with E-state index in [2.05, 4.69) is 0 Å². The monoisotopic (exact) mass is 341 g/mol. The van der Waals surface area contributed by atoms with Gasteiger partial charge in [0, 0.05) is 0 Å². The first-order valence-electron chi connectivity index (χ1n) is 4.75. The Morgan fingerprint density at radius 3 is 2.12 bits per heavy atom. The van der Waals surface area contributed by atoms with Gasteiger partial charge in [0.15, 0.2) is 0 Å². The normalized spacial score (nSPS) is 15.5. The van der Waals surface area contributed by atoms with Crippen molar-refractivity contribution in [3.8, 4) is 0 Å². The minimum absolute atomic E-state index is 0.358. The van der Waals surface area contributed by atoms with E-state index in [4.69, 9.17) is 35.8 Å². The molecule has 2 atom stereocenters. The molecule has 0 radical (unpaired) electrons. The molecule has 2 N–H and O–H groups in total. The first kappa shape index (κ1) is 14.2. The Morgan fingerprint density at radius 2 is 1.75 bits per heavy atom. The fourth-order valence-electron chi connectivity index (χ4n) is 1.59. The molecule has 0 aliphatic rings. The summed E-state index contributed by atoms with van der Waals surface area (Å²) in [5.41, 5.74) is 6.16. The molecule has 0 heterocycles. The molecule has 6 heteroatoms. The van der Waals surface area contributed by atoms with Crippen LogP contribution in [0, 0.1) is 5.92 Å². The van der Waals surface area contributed by atoms with Crippen LogP contribution < -0.4 is 5.73 Å². The molecule has 0 fully saturated rings. The van der Waals surface area contributed by atoms with Gasteiger partial charge in [-0.3, -0.25) is 0 Å². The van der Waals surface area contributed by atoms with E-state index in [9.17, 15) is 4.79 Å². The molecule has 0 aromatic heterocycles. The molecule has 0 saturated carbocycles. The van der Waals surface area contributed by atoms with Gasteiger partial charge >= 0.3 is 110 Å². The number of primary amides is 1. The number of halogens is 3. The van der Waals surface area contributed by atoms with Crippen molar-refractivity contribution >= 4 is 46.4 Å². The number of hydrogen-bond acceptors (Lipinski definition) is 1. The number of benzene rings is 1. The van der Waals surface area contributed by atoms with Gasteiger partial charge in [0.1, 0.15) is 0 Å². The second kappa shape index (κ2) is 5.63. The summed E-state index contributed by atoms with van der Waals surface area (Å²) >= 11 is 0. The fraction of sp³-hybridized carbons (Fsp3) is 0.300. The van der Waals surface area contributed by atoms with Crippen LogP contribution in [0.1, 0.15) is 17.2 Å². The third-order valence-electron chi connectivity index (χ3n) is 2.46. The van der Waals surface area contributed by atoms with Crippen LogP contribution in [0.25, 0.3) is 0 Å². The number of amides is 1. The standard InChI is InChI=1S/C10H12Cl3GeNO/c1-7(10(15)16)9(14(11,12)13)8-5-3-2-4-6-8/h2-7,9H,1H3,(H2,15,16). The van der Waals surface area contributed by atoms with Crippen molar-refractivity contribution in [1.29, 1.82) is 0 Å². The van der Waals surface area contributed by atoms with Crippen LogP contribution >= 0.6 is 30.0 Å². The third kappa shape index (κ3) is 3.55. The number of rotatable bonds is 4. The minimum atomic E-state index is -3.55. The molecule has 1 aromatic rings. The van der Waals surface area contributed by atoms with E-state index < -0.39 is 22.3 Å². The van der Waals surface area contributed by atoms with Gasteiger partial charge in [0.2, 0.25) is 0 Å². The third-order valence-corrected chi connectivity index (χ3v) is 9.35. The Balaban J connectivity index is 3.12. The van der Waals surface area contributed by atoms with E-state index in [1.165, 1.54) is 0 Å². The molecule has 1 amide bonds. The van der Waals surface area contributed by atoms with Crippen molar-refractivity contribution < 1.29 is 4.79 Å². The van der Waals surface area contributed by atoms with E-state index in [1.807, 2.05) is 30.3 Å². The summed E-state index contributed by atoms with van der Waals surface area (Å²) in [5.74, 6) is -0.902. The Kier molecular flexibility index (Phi) is 4.98. The predicted molar refractivity (Wildman–Crippen MR) is 70.9 cm³/mol.